The van der Waals surface area contributed by atoms with Crippen molar-refractivity contribution in [2.45, 2.75) is 6.04 Å². The Kier molecular flexibility index (Phi) is 2.65. The minimum atomic E-state index is -0.319. The minimum absolute atomic E-state index is 0.319. The monoisotopic (exact) mass is 252 g/mol. The van der Waals surface area contributed by atoms with Crippen LogP contribution in [0, 0.1) is 0 Å². The fourth-order valence-corrected chi connectivity index (χ4v) is 1.73. The number of furan rings is 1. The zero-order valence-corrected chi connectivity index (χ0v) is 8.94. The Morgan fingerprint density at radius 1 is 1.36 bits per heavy atom. The highest BCUT2D eigenvalue weighted by Gasteiger charge is 2.15. The molecular weight excluding hydrogens is 244 g/mol. The van der Waals surface area contributed by atoms with E-state index < -0.39 is 0 Å². The molecule has 1 atom stereocenters. The van der Waals surface area contributed by atoms with E-state index in [4.69, 9.17) is 10.2 Å². The Balaban J connectivity index is 2.37. The lowest BCUT2D eigenvalue weighted by molar-refractivity contribution is 0.486. The summed E-state index contributed by atoms with van der Waals surface area (Å²) in [5.74, 6) is 0.712. The predicted octanol–water partition coefficient (Wildman–Crippen LogP) is 2.49. The van der Waals surface area contributed by atoms with Crippen molar-refractivity contribution >= 4 is 15.9 Å². The summed E-state index contributed by atoms with van der Waals surface area (Å²) >= 11 is 3.40. The topological polar surface area (TPSA) is 52.0 Å². The molecule has 0 aliphatic rings. The van der Waals surface area contributed by atoms with Crippen molar-refractivity contribution < 1.29 is 4.42 Å². The third-order valence-corrected chi connectivity index (χ3v) is 2.60. The molecular formula is C10H9BrN2O. The first-order valence-corrected chi connectivity index (χ1v) is 4.97. The lowest BCUT2D eigenvalue weighted by Gasteiger charge is -2.09. The molecule has 4 heteroatoms. The number of hydrogen-bond acceptors (Lipinski definition) is 3. The van der Waals surface area contributed by atoms with E-state index in [0.29, 0.717) is 5.76 Å². The van der Waals surface area contributed by atoms with E-state index in [1.165, 1.54) is 0 Å². The number of rotatable bonds is 2. The van der Waals surface area contributed by atoms with Crippen LogP contribution in [0.25, 0.3) is 0 Å². The second-order valence-electron chi connectivity index (χ2n) is 2.86. The largest absolute Gasteiger partial charge is 0.467 e. The molecule has 3 nitrogen and oxygen atoms in total. The Bertz CT molecular complexity index is 414. The van der Waals surface area contributed by atoms with Crippen LogP contribution in [-0.2, 0) is 0 Å². The van der Waals surface area contributed by atoms with Crippen LogP contribution in [0.3, 0.4) is 0 Å². The summed E-state index contributed by atoms with van der Waals surface area (Å²) in [6.45, 7) is 0. The SMILES string of the molecule is NC(c1ccco1)c1ncccc1Br. The van der Waals surface area contributed by atoms with Crippen molar-refractivity contribution in [1.29, 1.82) is 0 Å². The molecule has 0 aliphatic heterocycles. The molecule has 2 N–H and O–H groups in total. The molecule has 0 fully saturated rings. The van der Waals surface area contributed by atoms with Crippen molar-refractivity contribution in [3.05, 3.63) is 52.7 Å². The molecule has 2 aromatic rings. The molecule has 2 aromatic heterocycles. The fourth-order valence-electron chi connectivity index (χ4n) is 1.23. The normalized spacial score (nSPS) is 12.7. The Hall–Kier alpha value is -1.13. The summed E-state index contributed by atoms with van der Waals surface area (Å²) in [5.41, 5.74) is 6.76. The van der Waals surface area contributed by atoms with E-state index in [1.807, 2.05) is 24.3 Å². The van der Waals surface area contributed by atoms with Crippen LogP contribution < -0.4 is 5.73 Å². The molecule has 2 rings (SSSR count). The maximum Gasteiger partial charge on any atom is 0.126 e. The summed E-state index contributed by atoms with van der Waals surface area (Å²) in [5, 5.41) is 0. The summed E-state index contributed by atoms with van der Waals surface area (Å²) in [4.78, 5) is 4.20. The quantitative estimate of drug-likeness (QED) is 0.894. The van der Waals surface area contributed by atoms with Gasteiger partial charge in [0.25, 0.3) is 0 Å². The van der Waals surface area contributed by atoms with Crippen LogP contribution in [0.15, 0.2) is 45.6 Å². The second-order valence-corrected chi connectivity index (χ2v) is 3.72. The third-order valence-electron chi connectivity index (χ3n) is 1.93. The highest BCUT2D eigenvalue weighted by atomic mass is 79.9. The van der Waals surface area contributed by atoms with Gasteiger partial charge >= 0.3 is 0 Å². The number of halogens is 1. The lowest BCUT2D eigenvalue weighted by Crippen LogP contribution is -2.13. The molecule has 1 unspecified atom stereocenters. The number of hydrogen-bond donors (Lipinski definition) is 1. The molecule has 0 radical (unpaired) electrons. The van der Waals surface area contributed by atoms with Gasteiger partial charge in [-0.3, -0.25) is 4.98 Å². The van der Waals surface area contributed by atoms with Gasteiger partial charge in [0.15, 0.2) is 0 Å². The summed E-state index contributed by atoms with van der Waals surface area (Å²) in [7, 11) is 0. The third kappa shape index (κ3) is 1.71. The first kappa shape index (κ1) is 9.43. The van der Waals surface area contributed by atoms with Crippen molar-refractivity contribution in [3.63, 3.8) is 0 Å². The van der Waals surface area contributed by atoms with Gasteiger partial charge in [-0.15, -0.1) is 0 Å². The van der Waals surface area contributed by atoms with Crippen LogP contribution in [0.4, 0.5) is 0 Å². The molecule has 14 heavy (non-hydrogen) atoms. The van der Waals surface area contributed by atoms with E-state index in [1.54, 1.807) is 12.5 Å². The van der Waals surface area contributed by atoms with Crippen molar-refractivity contribution in [2.75, 3.05) is 0 Å². The van der Waals surface area contributed by atoms with Gasteiger partial charge in [-0.05, 0) is 40.2 Å². The molecule has 2 heterocycles. The van der Waals surface area contributed by atoms with Gasteiger partial charge in [-0.25, -0.2) is 0 Å². The van der Waals surface area contributed by atoms with Gasteiger partial charge < -0.3 is 10.2 Å². The molecule has 0 amide bonds. The van der Waals surface area contributed by atoms with Gasteiger partial charge in [-0.2, -0.15) is 0 Å². The van der Waals surface area contributed by atoms with E-state index in [9.17, 15) is 0 Å². The minimum Gasteiger partial charge on any atom is -0.467 e. The van der Waals surface area contributed by atoms with Crippen LogP contribution in [0.1, 0.15) is 17.5 Å². The lowest BCUT2D eigenvalue weighted by atomic mass is 10.1. The predicted molar refractivity (Wildman–Crippen MR) is 56.7 cm³/mol. The molecule has 0 saturated heterocycles. The number of aromatic nitrogens is 1. The maximum atomic E-state index is 5.98. The zero-order chi connectivity index (χ0) is 9.97. The van der Waals surface area contributed by atoms with Gasteiger partial charge in [0.1, 0.15) is 11.8 Å². The van der Waals surface area contributed by atoms with E-state index in [2.05, 4.69) is 20.9 Å². The van der Waals surface area contributed by atoms with Gasteiger partial charge in [0.05, 0.1) is 12.0 Å². The van der Waals surface area contributed by atoms with E-state index in [-0.39, 0.29) is 6.04 Å². The zero-order valence-electron chi connectivity index (χ0n) is 7.35. The standard InChI is InChI=1S/C10H9BrN2O/c11-7-3-1-5-13-10(7)9(12)8-4-2-6-14-8/h1-6,9H,12H2. The molecule has 0 saturated carbocycles. The average molecular weight is 253 g/mol. The van der Waals surface area contributed by atoms with Crippen molar-refractivity contribution in [2.24, 2.45) is 5.73 Å². The van der Waals surface area contributed by atoms with Gasteiger partial charge in [0.2, 0.25) is 0 Å². The Labute approximate surface area is 90.1 Å². The first-order valence-electron chi connectivity index (χ1n) is 4.18. The highest BCUT2D eigenvalue weighted by molar-refractivity contribution is 9.10. The van der Waals surface area contributed by atoms with Crippen LogP contribution in [-0.4, -0.2) is 4.98 Å². The van der Waals surface area contributed by atoms with Crippen molar-refractivity contribution in [1.82, 2.24) is 4.98 Å². The molecule has 72 valence electrons. The van der Waals surface area contributed by atoms with Crippen molar-refractivity contribution in [3.8, 4) is 0 Å². The molecule has 0 bridgehead atoms. The highest BCUT2D eigenvalue weighted by Crippen LogP contribution is 2.24. The molecule has 0 aliphatic carbocycles. The second kappa shape index (κ2) is 3.94. The first-order chi connectivity index (χ1) is 6.79. The molecule has 0 spiro atoms. The van der Waals surface area contributed by atoms with E-state index >= 15 is 0 Å². The number of nitrogens with two attached hydrogens (primary N) is 1. The fraction of sp³-hybridized carbons (Fsp3) is 0.100. The average Bonchev–Trinajstić information content (AvgIpc) is 2.70. The summed E-state index contributed by atoms with van der Waals surface area (Å²) in [6.07, 6.45) is 3.31. The van der Waals surface area contributed by atoms with Gasteiger partial charge in [-0.1, -0.05) is 0 Å². The molecule has 0 aromatic carbocycles. The smallest absolute Gasteiger partial charge is 0.126 e. The van der Waals surface area contributed by atoms with Crippen LogP contribution in [0.5, 0.6) is 0 Å². The van der Waals surface area contributed by atoms with E-state index in [0.717, 1.165) is 10.2 Å². The van der Waals surface area contributed by atoms with Crippen LogP contribution in [0.2, 0.25) is 0 Å². The number of nitrogens with zero attached hydrogens (tertiary/aromatic N) is 1. The van der Waals surface area contributed by atoms with Gasteiger partial charge in [0, 0.05) is 10.7 Å². The maximum absolute atomic E-state index is 5.98. The number of pyridine rings is 1. The summed E-state index contributed by atoms with van der Waals surface area (Å²) in [6, 6.07) is 7.09. The Morgan fingerprint density at radius 2 is 2.21 bits per heavy atom. The Morgan fingerprint density at radius 3 is 2.86 bits per heavy atom. The summed E-state index contributed by atoms with van der Waals surface area (Å²) < 4.78 is 6.11. The van der Waals surface area contributed by atoms with Crippen LogP contribution >= 0.6 is 15.9 Å².